The van der Waals surface area contributed by atoms with Crippen LogP contribution in [-0.4, -0.2) is 64.7 Å². The Morgan fingerprint density at radius 2 is 1.60 bits per heavy atom. The van der Waals surface area contributed by atoms with Gasteiger partial charge in [0.05, 0.1) is 0 Å². The number of aliphatic carboxylic acids is 1. The van der Waals surface area contributed by atoms with E-state index in [1.54, 1.807) is 0 Å². The number of carboxylic acids is 1. The van der Waals surface area contributed by atoms with Crippen molar-refractivity contribution < 1.29 is 9.90 Å². The quantitative estimate of drug-likeness (QED) is 0.669. The topological polar surface area (TPSA) is 40.5 Å². The Hall–Kier alpha value is 0.430. The summed E-state index contributed by atoms with van der Waals surface area (Å²) in [7, 11) is 0. The molecule has 0 saturated carbocycles. The van der Waals surface area contributed by atoms with Gasteiger partial charge in [0.2, 0.25) is 0 Å². The number of carboxylic acid groups (broad SMARTS) is 1. The van der Waals surface area contributed by atoms with Gasteiger partial charge in [-0.15, -0.1) is 0 Å². The van der Waals surface area contributed by atoms with Crippen LogP contribution in [0.4, 0.5) is 0 Å². The molecule has 0 aliphatic carbocycles. The molecule has 0 aromatic carbocycles. The Bertz CT molecular complexity index is 168. The van der Waals surface area contributed by atoms with Gasteiger partial charge in [-0.05, 0) is 31.8 Å². The SMILES string of the molecule is CCCN(CCC)C(C(=O)O)C(C)C.[NaH]. The summed E-state index contributed by atoms with van der Waals surface area (Å²) in [5.41, 5.74) is 0. The van der Waals surface area contributed by atoms with Crippen LogP contribution in [0.1, 0.15) is 40.5 Å². The predicted molar refractivity (Wildman–Crippen MR) is 65.6 cm³/mol. The van der Waals surface area contributed by atoms with Crippen LogP contribution in [0.15, 0.2) is 0 Å². The molecule has 1 N–H and O–H groups in total. The number of carbonyl (C=O) groups is 1. The van der Waals surface area contributed by atoms with Gasteiger partial charge in [-0.2, -0.15) is 0 Å². The predicted octanol–water partition coefficient (Wildman–Crippen LogP) is 1.57. The molecule has 4 heteroatoms. The molecule has 1 unspecified atom stereocenters. The van der Waals surface area contributed by atoms with E-state index in [1.807, 2.05) is 13.8 Å². The molecule has 0 aliphatic rings. The summed E-state index contributed by atoms with van der Waals surface area (Å²) in [4.78, 5) is 13.2. The Morgan fingerprint density at radius 1 is 1.20 bits per heavy atom. The molecule has 0 amide bonds. The van der Waals surface area contributed by atoms with Gasteiger partial charge in [0.1, 0.15) is 6.04 Å². The fourth-order valence-corrected chi connectivity index (χ4v) is 1.83. The first-order valence-electron chi connectivity index (χ1n) is 5.51. The van der Waals surface area contributed by atoms with Gasteiger partial charge in [-0.25, -0.2) is 0 Å². The van der Waals surface area contributed by atoms with Crippen LogP contribution in [0.3, 0.4) is 0 Å². The van der Waals surface area contributed by atoms with Crippen molar-refractivity contribution in [2.45, 2.75) is 46.6 Å². The summed E-state index contributed by atoms with van der Waals surface area (Å²) in [6.07, 6.45) is 2.02. The molecule has 0 aromatic heterocycles. The first-order chi connectivity index (χ1) is 6.54. The van der Waals surface area contributed by atoms with E-state index in [2.05, 4.69) is 18.7 Å². The summed E-state index contributed by atoms with van der Waals surface area (Å²) in [6.45, 7) is 9.87. The third-order valence-electron chi connectivity index (χ3n) is 2.30. The van der Waals surface area contributed by atoms with Crippen molar-refractivity contribution in [2.24, 2.45) is 5.92 Å². The van der Waals surface area contributed by atoms with E-state index in [0.29, 0.717) is 0 Å². The molecular weight excluding hydrogens is 201 g/mol. The van der Waals surface area contributed by atoms with Crippen LogP contribution in [0.2, 0.25) is 0 Å². The molecule has 15 heavy (non-hydrogen) atoms. The van der Waals surface area contributed by atoms with Crippen LogP contribution < -0.4 is 0 Å². The van der Waals surface area contributed by atoms with Gasteiger partial charge < -0.3 is 5.11 Å². The van der Waals surface area contributed by atoms with Gasteiger partial charge in [-0.3, -0.25) is 9.69 Å². The molecule has 0 saturated heterocycles. The molecular formula is C11H24NNaO2. The minimum atomic E-state index is -0.693. The Morgan fingerprint density at radius 3 is 1.80 bits per heavy atom. The first-order valence-corrected chi connectivity index (χ1v) is 5.51. The average molecular weight is 225 g/mol. The van der Waals surface area contributed by atoms with Gasteiger partial charge in [-0.1, -0.05) is 27.7 Å². The zero-order valence-corrected chi connectivity index (χ0v) is 9.79. The minimum absolute atomic E-state index is 0. The molecule has 0 spiro atoms. The third-order valence-corrected chi connectivity index (χ3v) is 2.30. The van der Waals surface area contributed by atoms with Crippen LogP contribution in [-0.2, 0) is 4.79 Å². The molecule has 1 atom stereocenters. The van der Waals surface area contributed by atoms with Crippen LogP contribution in [0.5, 0.6) is 0 Å². The van der Waals surface area contributed by atoms with Crippen molar-refractivity contribution in [3.05, 3.63) is 0 Å². The van der Waals surface area contributed by atoms with Crippen LogP contribution in [0.25, 0.3) is 0 Å². The summed E-state index contributed by atoms with van der Waals surface area (Å²) in [6, 6.07) is -0.324. The molecule has 0 aliphatic heterocycles. The zero-order chi connectivity index (χ0) is 11.1. The second kappa shape index (κ2) is 9.64. The molecule has 0 rings (SSSR count). The van der Waals surface area contributed by atoms with Crippen molar-refractivity contribution in [3.63, 3.8) is 0 Å². The van der Waals surface area contributed by atoms with E-state index in [9.17, 15) is 4.79 Å². The maximum atomic E-state index is 11.1. The van der Waals surface area contributed by atoms with Crippen LogP contribution in [0, 0.1) is 5.92 Å². The molecule has 3 nitrogen and oxygen atoms in total. The van der Waals surface area contributed by atoms with E-state index in [0.717, 1.165) is 25.9 Å². The molecule has 86 valence electrons. The van der Waals surface area contributed by atoms with Gasteiger partial charge in [0, 0.05) is 0 Å². The molecule has 0 radical (unpaired) electrons. The normalized spacial score (nSPS) is 12.7. The molecule has 0 heterocycles. The van der Waals surface area contributed by atoms with Crippen molar-refractivity contribution in [2.75, 3.05) is 13.1 Å². The Kier molecular flexibility index (Phi) is 11.4. The summed E-state index contributed by atoms with van der Waals surface area (Å²) >= 11 is 0. The maximum absolute atomic E-state index is 11.1. The van der Waals surface area contributed by atoms with Gasteiger partial charge >= 0.3 is 35.5 Å². The van der Waals surface area contributed by atoms with Gasteiger partial charge in [0.15, 0.2) is 0 Å². The van der Waals surface area contributed by atoms with Crippen LogP contribution >= 0.6 is 0 Å². The zero-order valence-electron chi connectivity index (χ0n) is 9.79. The summed E-state index contributed by atoms with van der Waals surface area (Å²) in [5.74, 6) is -0.521. The van der Waals surface area contributed by atoms with Crippen molar-refractivity contribution in [1.29, 1.82) is 0 Å². The number of hydrogen-bond acceptors (Lipinski definition) is 2. The third kappa shape index (κ3) is 6.56. The summed E-state index contributed by atoms with van der Waals surface area (Å²) < 4.78 is 0. The van der Waals surface area contributed by atoms with E-state index in [-0.39, 0.29) is 41.5 Å². The average Bonchev–Trinajstić information content (AvgIpc) is 2.03. The molecule has 0 bridgehead atoms. The van der Waals surface area contributed by atoms with Crippen molar-refractivity contribution in [1.82, 2.24) is 4.90 Å². The molecule has 0 fully saturated rings. The number of rotatable bonds is 7. The second-order valence-corrected chi connectivity index (χ2v) is 4.06. The van der Waals surface area contributed by atoms with E-state index < -0.39 is 5.97 Å². The number of hydrogen-bond donors (Lipinski definition) is 1. The van der Waals surface area contributed by atoms with Crippen molar-refractivity contribution >= 4 is 35.5 Å². The number of nitrogens with zero attached hydrogens (tertiary/aromatic N) is 1. The summed E-state index contributed by atoms with van der Waals surface area (Å²) in [5, 5.41) is 9.13. The van der Waals surface area contributed by atoms with E-state index in [1.165, 1.54) is 0 Å². The second-order valence-electron chi connectivity index (χ2n) is 4.06. The Balaban J connectivity index is 0. The standard InChI is InChI=1S/C11H23NO2.Na.H/c1-5-7-12(8-6-2)10(9(3)4)11(13)14;;/h9-10H,5-8H2,1-4H3,(H,13,14);;. The fraction of sp³-hybridized carbons (Fsp3) is 0.909. The Labute approximate surface area is 116 Å². The van der Waals surface area contributed by atoms with Crippen molar-refractivity contribution in [3.8, 4) is 0 Å². The van der Waals surface area contributed by atoms with E-state index in [4.69, 9.17) is 5.11 Å². The first kappa shape index (κ1) is 17.8. The fourth-order valence-electron chi connectivity index (χ4n) is 1.83. The van der Waals surface area contributed by atoms with E-state index >= 15 is 0 Å². The van der Waals surface area contributed by atoms with Gasteiger partial charge in [0.25, 0.3) is 0 Å². The molecule has 0 aromatic rings. The monoisotopic (exact) mass is 225 g/mol.